The molecule has 192 valence electrons. The Morgan fingerprint density at radius 3 is 2.64 bits per heavy atom. The summed E-state index contributed by atoms with van der Waals surface area (Å²) in [4.78, 5) is 20.9. The van der Waals surface area contributed by atoms with Gasteiger partial charge in [-0.25, -0.2) is 18.7 Å². The zero-order chi connectivity index (χ0) is 25.8. The number of anilines is 1. The fourth-order valence-corrected chi connectivity index (χ4v) is 4.75. The number of nitrogens with one attached hydrogen (secondary N) is 1. The molecule has 1 saturated heterocycles. The summed E-state index contributed by atoms with van der Waals surface area (Å²) in [5.74, 6) is -4.14. The normalized spacial score (nSPS) is 20.2. The highest BCUT2D eigenvalue weighted by molar-refractivity contribution is 5.89. The third-order valence-corrected chi connectivity index (χ3v) is 7.04. The van der Waals surface area contributed by atoms with Crippen molar-refractivity contribution in [1.29, 1.82) is 0 Å². The number of hydrogen-bond donors (Lipinski definition) is 1. The van der Waals surface area contributed by atoms with Crippen LogP contribution >= 0.6 is 0 Å². The molecule has 6 nitrogen and oxygen atoms in total. The summed E-state index contributed by atoms with van der Waals surface area (Å²) in [5, 5.41) is 3.12. The second-order valence-corrected chi connectivity index (χ2v) is 9.52. The number of halogens is 5. The van der Waals surface area contributed by atoms with Crippen LogP contribution in [-0.4, -0.2) is 33.7 Å². The SMILES string of the molecule is Cc1nc(N[C@H](C)c2cccc(C(F)(F)C3CCCO3)c2)c2cn(C3(C(F)F)CC3)c(=O)c(F)c2n1. The molecule has 1 aliphatic heterocycles. The summed E-state index contributed by atoms with van der Waals surface area (Å²) >= 11 is 0. The minimum absolute atomic E-state index is 0.0487. The molecule has 1 N–H and O–H groups in total. The molecule has 3 aromatic rings. The molecule has 1 saturated carbocycles. The molecule has 1 aliphatic carbocycles. The van der Waals surface area contributed by atoms with Crippen LogP contribution < -0.4 is 10.9 Å². The number of pyridine rings is 1. The van der Waals surface area contributed by atoms with Crippen LogP contribution in [0.4, 0.5) is 27.8 Å². The third-order valence-electron chi connectivity index (χ3n) is 7.04. The predicted molar refractivity (Wildman–Crippen MR) is 123 cm³/mol. The molecular formula is C25H25F5N4O2. The number of fused-ring (bicyclic) bond motifs is 1. The molecule has 0 amide bonds. The van der Waals surface area contributed by atoms with E-state index in [1.165, 1.54) is 25.1 Å². The average Bonchev–Trinajstić information content (AvgIpc) is 3.46. The first-order valence-corrected chi connectivity index (χ1v) is 11.8. The molecule has 1 aromatic carbocycles. The number of nitrogens with zero attached hydrogens (tertiary/aromatic N) is 3. The van der Waals surface area contributed by atoms with Crippen molar-refractivity contribution in [3.8, 4) is 0 Å². The van der Waals surface area contributed by atoms with Gasteiger partial charge in [0.1, 0.15) is 28.8 Å². The minimum atomic E-state index is -3.17. The average molecular weight is 508 g/mol. The molecule has 36 heavy (non-hydrogen) atoms. The smallest absolute Gasteiger partial charge is 0.298 e. The van der Waals surface area contributed by atoms with Gasteiger partial charge >= 0.3 is 0 Å². The van der Waals surface area contributed by atoms with Crippen molar-refractivity contribution in [1.82, 2.24) is 14.5 Å². The maximum absolute atomic E-state index is 15.0. The van der Waals surface area contributed by atoms with Crippen molar-refractivity contribution in [3.05, 3.63) is 63.6 Å². The molecule has 2 aliphatic rings. The summed E-state index contributed by atoms with van der Waals surface area (Å²) in [7, 11) is 0. The van der Waals surface area contributed by atoms with Gasteiger partial charge in [0.2, 0.25) is 5.82 Å². The van der Waals surface area contributed by atoms with E-state index in [2.05, 4.69) is 15.3 Å². The van der Waals surface area contributed by atoms with Gasteiger partial charge in [0.25, 0.3) is 17.9 Å². The van der Waals surface area contributed by atoms with E-state index in [4.69, 9.17) is 4.74 Å². The van der Waals surface area contributed by atoms with E-state index in [1.54, 1.807) is 13.0 Å². The number of rotatable bonds is 7. The van der Waals surface area contributed by atoms with Crippen LogP contribution in [0.25, 0.3) is 10.9 Å². The number of hydrogen-bond acceptors (Lipinski definition) is 5. The molecule has 3 heterocycles. The summed E-state index contributed by atoms with van der Waals surface area (Å²) < 4.78 is 78.4. The van der Waals surface area contributed by atoms with Crippen LogP contribution in [0, 0.1) is 12.7 Å². The first-order chi connectivity index (χ1) is 17.0. The lowest BCUT2D eigenvalue weighted by Crippen LogP contribution is -2.37. The Labute approximate surface area is 203 Å². The lowest BCUT2D eigenvalue weighted by molar-refractivity contribution is -0.122. The summed E-state index contributed by atoms with van der Waals surface area (Å²) in [6.07, 6.45) is -1.93. The Kier molecular flexibility index (Phi) is 6.01. The molecule has 2 fully saturated rings. The number of aryl methyl sites for hydroxylation is 1. The van der Waals surface area contributed by atoms with Crippen LogP contribution in [0.15, 0.2) is 35.3 Å². The monoisotopic (exact) mass is 508 g/mol. The highest BCUT2D eigenvalue weighted by Crippen LogP contribution is 2.48. The molecule has 1 unspecified atom stereocenters. The van der Waals surface area contributed by atoms with E-state index in [9.17, 15) is 13.6 Å². The Hall–Kier alpha value is -3.08. The second-order valence-electron chi connectivity index (χ2n) is 9.52. The van der Waals surface area contributed by atoms with Gasteiger partial charge in [-0.15, -0.1) is 0 Å². The Morgan fingerprint density at radius 2 is 2.00 bits per heavy atom. The quantitative estimate of drug-likeness (QED) is 0.431. The van der Waals surface area contributed by atoms with E-state index in [-0.39, 0.29) is 47.4 Å². The van der Waals surface area contributed by atoms with Crippen LogP contribution in [0.3, 0.4) is 0 Å². The molecule has 11 heteroatoms. The van der Waals surface area contributed by atoms with Crippen molar-refractivity contribution < 1.29 is 26.7 Å². The molecule has 2 atom stereocenters. The maximum Gasteiger partial charge on any atom is 0.298 e. The van der Waals surface area contributed by atoms with Crippen LogP contribution in [-0.2, 0) is 16.2 Å². The van der Waals surface area contributed by atoms with Crippen LogP contribution in [0.5, 0.6) is 0 Å². The zero-order valence-electron chi connectivity index (χ0n) is 19.7. The fourth-order valence-electron chi connectivity index (χ4n) is 4.75. The van der Waals surface area contributed by atoms with Gasteiger partial charge in [0, 0.05) is 24.4 Å². The van der Waals surface area contributed by atoms with Gasteiger partial charge in [0.05, 0.1) is 5.39 Å². The third kappa shape index (κ3) is 4.03. The van der Waals surface area contributed by atoms with Crippen molar-refractivity contribution >= 4 is 16.7 Å². The highest BCUT2D eigenvalue weighted by Gasteiger charge is 2.54. The van der Waals surface area contributed by atoms with Crippen molar-refractivity contribution in [3.63, 3.8) is 0 Å². The fraction of sp³-hybridized carbons (Fsp3) is 0.480. The molecule has 0 spiro atoms. The lowest BCUT2D eigenvalue weighted by atomic mass is 9.97. The largest absolute Gasteiger partial charge is 0.372 e. The van der Waals surface area contributed by atoms with Crippen LogP contribution in [0.2, 0.25) is 0 Å². The van der Waals surface area contributed by atoms with Crippen molar-refractivity contribution in [2.45, 2.75) is 69.6 Å². The predicted octanol–water partition coefficient (Wildman–Crippen LogP) is 5.44. The van der Waals surface area contributed by atoms with Gasteiger partial charge in [-0.05, 0) is 51.2 Å². The lowest BCUT2D eigenvalue weighted by Gasteiger charge is -2.24. The summed E-state index contributed by atoms with van der Waals surface area (Å²) in [6, 6.07) is 5.33. The zero-order valence-corrected chi connectivity index (χ0v) is 19.7. The van der Waals surface area contributed by atoms with E-state index in [0.717, 1.165) is 10.8 Å². The van der Waals surface area contributed by atoms with E-state index < -0.39 is 41.4 Å². The number of aromatic nitrogens is 3. The van der Waals surface area contributed by atoms with Gasteiger partial charge in [-0.3, -0.25) is 4.79 Å². The van der Waals surface area contributed by atoms with Gasteiger partial charge < -0.3 is 14.6 Å². The standard InChI is InChI=1S/C25H25F5N4O2/c1-13(15-5-3-6-16(11-15)25(29,30)18-7-4-10-36-18)31-21-17-12-34(24(8-9-24)23(27)28)22(35)19(26)20(17)32-14(2)33-21/h3,5-6,11-13,18,23H,4,7-10H2,1-2H3,(H,31,32,33)/t13-,18?/m1/s1. The van der Waals surface area contributed by atoms with E-state index >= 15 is 13.2 Å². The molecular weight excluding hydrogens is 483 g/mol. The van der Waals surface area contributed by atoms with Crippen molar-refractivity contribution in [2.24, 2.45) is 0 Å². The van der Waals surface area contributed by atoms with E-state index in [0.29, 0.717) is 18.6 Å². The first-order valence-electron chi connectivity index (χ1n) is 11.8. The van der Waals surface area contributed by atoms with Crippen LogP contribution in [0.1, 0.15) is 55.6 Å². The number of ether oxygens (including phenoxy) is 1. The molecule has 0 bridgehead atoms. The van der Waals surface area contributed by atoms with Gasteiger partial charge in [0.15, 0.2) is 0 Å². The second kappa shape index (κ2) is 8.79. The number of benzene rings is 1. The van der Waals surface area contributed by atoms with Gasteiger partial charge in [-0.1, -0.05) is 18.2 Å². The molecule has 5 rings (SSSR count). The Bertz CT molecular complexity index is 1370. The summed E-state index contributed by atoms with van der Waals surface area (Å²) in [6.45, 7) is 3.51. The summed E-state index contributed by atoms with van der Waals surface area (Å²) in [5.41, 5.74) is -2.88. The van der Waals surface area contributed by atoms with E-state index in [1.807, 2.05) is 0 Å². The molecule has 0 radical (unpaired) electrons. The minimum Gasteiger partial charge on any atom is -0.372 e. The van der Waals surface area contributed by atoms with Crippen molar-refractivity contribution in [2.75, 3.05) is 11.9 Å². The Morgan fingerprint density at radius 1 is 1.25 bits per heavy atom. The first kappa shape index (κ1) is 24.6. The number of alkyl halides is 4. The van der Waals surface area contributed by atoms with Gasteiger partial charge in [-0.2, -0.15) is 13.2 Å². The maximum atomic E-state index is 15.0. The molecule has 2 aromatic heterocycles. The highest BCUT2D eigenvalue weighted by atomic mass is 19.3. The topological polar surface area (TPSA) is 69.0 Å². The Balaban J connectivity index is 1.53.